The first-order valence-corrected chi connectivity index (χ1v) is 12.3. The number of anilines is 1. The molecule has 204 valence electrons. The Labute approximate surface area is 242 Å². The molecule has 11 heteroatoms. The van der Waals surface area contributed by atoms with E-state index in [0.29, 0.717) is 19.8 Å². The minimum absolute atomic E-state index is 0. The molecule has 2 aliphatic rings. The number of imidazole rings is 1. The van der Waals surface area contributed by atoms with Gasteiger partial charge in [0.1, 0.15) is 18.5 Å². The molecule has 0 amide bonds. The largest absolute Gasteiger partial charge is 0.491 e. The smallest absolute Gasteiger partial charge is 0.187 e. The summed E-state index contributed by atoms with van der Waals surface area (Å²) in [4.78, 5) is 6.55. The third-order valence-corrected chi connectivity index (χ3v) is 6.61. The van der Waals surface area contributed by atoms with E-state index in [4.69, 9.17) is 25.8 Å². The van der Waals surface area contributed by atoms with E-state index in [-0.39, 0.29) is 43.3 Å². The summed E-state index contributed by atoms with van der Waals surface area (Å²) in [5, 5.41) is 4.12. The van der Waals surface area contributed by atoms with Crippen LogP contribution >= 0.6 is 48.8 Å². The molecule has 1 aromatic heterocycles. The summed E-state index contributed by atoms with van der Waals surface area (Å²) in [7, 11) is 0. The van der Waals surface area contributed by atoms with E-state index in [1.54, 1.807) is 12.5 Å². The maximum atomic E-state index is 6.47. The van der Waals surface area contributed by atoms with Crippen molar-refractivity contribution in [3.63, 3.8) is 0 Å². The average Bonchev–Trinajstić information content (AvgIpc) is 3.54. The molecule has 2 saturated heterocycles. The number of aryl methyl sites for hydroxylation is 1. The number of nitrogens with zero attached hydrogens (tertiary/aromatic N) is 3. The van der Waals surface area contributed by atoms with Gasteiger partial charge in [0, 0.05) is 55.7 Å². The maximum Gasteiger partial charge on any atom is 0.187 e. The van der Waals surface area contributed by atoms with Crippen LogP contribution in [0.15, 0.2) is 67.3 Å². The van der Waals surface area contributed by atoms with Crippen LogP contribution in [0.5, 0.6) is 5.75 Å². The zero-order valence-corrected chi connectivity index (χ0v) is 23.7. The van der Waals surface area contributed by atoms with Crippen molar-refractivity contribution in [1.29, 1.82) is 0 Å². The monoisotopic (exact) mass is 590 g/mol. The molecule has 3 heterocycles. The van der Waals surface area contributed by atoms with Crippen LogP contribution in [0.25, 0.3) is 0 Å². The molecule has 0 unspecified atom stereocenters. The molecule has 2 aromatic carbocycles. The molecule has 37 heavy (non-hydrogen) atoms. The van der Waals surface area contributed by atoms with Crippen LogP contribution in [0.3, 0.4) is 0 Å². The van der Waals surface area contributed by atoms with Crippen LogP contribution in [0, 0.1) is 0 Å². The molecule has 1 N–H and O–H groups in total. The van der Waals surface area contributed by atoms with Crippen LogP contribution in [0.2, 0.25) is 5.02 Å². The standard InChI is InChI=1S/C26H31ClN4O3.3ClH/c27-22-3-1-21(2-4-22)9-10-26(19-30-14-11-29-20-30)33-18-25(34-26)17-32-24-7-5-23(6-8-24)31-15-12-28-13-16-31;;;/h1-8,11,14,20,25,28H,9-10,12-13,15-19H2;3*1H/t25-,26+;;;/m1.../s1. The number of benzene rings is 2. The van der Waals surface area contributed by atoms with Gasteiger partial charge in [0.05, 0.1) is 19.5 Å². The van der Waals surface area contributed by atoms with Gasteiger partial charge in [0.15, 0.2) is 5.79 Å². The van der Waals surface area contributed by atoms with Gasteiger partial charge in [-0.15, -0.1) is 37.2 Å². The molecule has 0 bridgehead atoms. The number of hydrogen-bond acceptors (Lipinski definition) is 6. The predicted molar refractivity (Wildman–Crippen MR) is 154 cm³/mol. The Hall–Kier alpha value is -1.71. The van der Waals surface area contributed by atoms with Gasteiger partial charge in [-0.1, -0.05) is 23.7 Å². The molecule has 2 aliphatic heterocycles. The first-order chi connectivity index (χ1) is 16.7. The highest BCUT2D eigenvalue weighted by Crippen LogP contribution is 2.31. The van der Waals surface area contributed by atoms with E-state index in [1.165, 1.54) is 11.3 Å². The Morgan fingerprint density at radius 2 is 1.76 bits per heavy atom. The van der Waals surface area contributed by atoms with Crippen LogP contribution in [0.4, 0.5) is 5.69 Å². The number of halogens is 4. The summed E-state index contributed by atoms with van der Waals surface area (Å²) in [6, 6.07) is 16.3. The Balaban J connectivity index is 0.00000160. The summed E-state index contributed by atoms with van der Waals surface area (Å²) < 4.78 is 20.8. The van der Waals surface area contributed by atoms with Crippen molar-refractivity contribution in [2.45, 2.75) is 31.3 Å². The third kappa shape index (κ3) is 8.65. The summed E-state index contributed by atoms with van der Waals surface area (Å²) in [5.41, 5.74) is 2.43. The average molecular weight is 592 g/mol. The van der Waals surface area contributed by atoms with Crippen molar-refractivity contribution in [2.24, 2.45) is 0 Å². The van der Waals surface area contributed by atoms with Crippen molar-refractivity contribution in [3.05, 3.63) is 77.8 Å². The third-order valence-electron chi connectivity index (χ3n) is 6.36. The van der Waals surface area contributed by atoms with Crippen molar-refractivity contribution >= 4 is 54.5 Å². The Morgan fingerprint density at radius 1 is 1.03 bits per heavy atom. The zero-order valence-electron chi connectivity index (χ0n) is 20.5. The molecular weight excluding hydrogens is 558 g/mol. The van der Waals surface area contributed by atoms with E-state index in [0.717, 1.165) is 49.8 Å². The normalized spacial score (nSPS) is 20.9. The Bertz CT molecular complexity index is 1030. The fraction of sp³-hybridized carbons (Fsp3) is 0.423. The summed E-state index contributed by atoms with van der Waals surface area (Å²) in [5.74, 6) is 0.122. The molecular formula is C26H34Cl4N4O3. The topological polar surface area (TPSA) is 60.8 Å². The molecule has 7 nitrogen and oxygen atoms in total. The summed E-state index contributed by atoms with van der Waals surface area (Å²) in [6.07, 6.45) is 6.91. The molecule has 2 atom stereocenters. The van der Waals surface area contributed by atoms with Crippen LogP contribution < -0.4 is 15.0 Å². The fourth-order valence-corrected chi connectivity index (χ4v) is 4.63. The van der Waals surface area contributed by atoms with E-state index in [2.05, 4.69) is 27.3 Å². The molecule has 0 aliphatic carbocycles. The van der Waals surface area contributed by atoms with Gasteiger partial charge in [0.25, 0.3) is 0 Å². The highest BCUT2D eigenvalue weighted by Gasteiger charge is 2.42. The SMILES string of the molecule is Cl.Cl.Cl.Clc1ccc(CC[C@]2(Cn3ccnc3)OC[C@@H](COc3ccc(N4CCNCC4)cc3)O2)cc1. The lowest BCUT2D eigenvalue weighted by Gasteiger charge is -2.29. The number of rotatable bonds is 9. The van der Waals surface area contributed by atoms with Gasteiger partial charge >= 0.3 is 0 Å². The van der Waals surface area contributed by atoms with Crippen LogP contribution in [-0.2, 0) is 22.4 Å². The predicted octanol–water partition coefficient (Wildman–Crippen LogP) is 5.04. The quantitative estimate of drug-likeness (QED) is 0.376. The number of nitrogens with one attached hydrogen (secondary N) is 1. The number of hydrogen-bond donors (Lipinski definition) is 1. The molecule has 0 saturated carbocycles. The highest BCUT2D eigenvalue weighted by atomic mass is 35.5. The van der Waals surface area contributed by atoms with E-state index >= 15 is 0 Å². The second-order valence-corrected chi connectivity index (χ2v) is 9.30. The van der Waals surface area contributed by atoms with E-state index in [9.17, 15) is 0 Å². The van der Waals surface area contributed by atoms with Crippen LogP contribution in [0.1, 0.15) is 12.0 Å². The van der Waals surface area contributed by atoms with Gasteiger partial charge in [-0.05, 0) is 48.4 Å². The van der Waals surface area contributed by atoms with Crippen molar-refractivity contribution in [3.8, 4) is 5.75 Å². The number of ether oxygens (including phenoxy) is 3. The molecule has 0 radical (unpaired) electrons. The molecule has 0 spiro atoms. The van der Waals surface area contributed by atoms with Crippen molar-refractivity contribution < 1.29 is 14.2 Å². The second kappa shape index (κ2) is 15.0. The lowest BCUT2D eigenvalue weighted by Crippen LogP contribution is -2.43. The maximum absolute atomic E-state index is 6.47. The summed E-state index contributed by atoms with van der Waals surface area (Å²) in [6.45, 7) is 5.63. The lowest BCUT2D eigenvalue weighted by molar-refractivity contribution is -0.184. The van der Waals surface area contributed by atoms with Gasteiger partial charge in [-0.2, -0.15) is 0 Å². The van der Waals surface area contributed by atoms with E-state index < -0.39 is 5.79 Å². The number of aromatic nitrogens is 2. The lowest BCUT2D eigenvalue weighted by atomic mass is 10.0. The van der Waals surface area contributed by atoms with Crippen LogP contribution in [-0.4, -0.2) is 60.8 Å². The minimum Gasteiger partial charge on any atom is -0.491 e. The molecule has 2 fully saturated rings. The van der Waals surface area contributed by atoms with Crippen molar-refractivity contribution in [2.75, 3.05) is 44.3 Å². The first-order valence-electron chi connectivity index (χ1n) is 11.9. The Morgan fingerprint density at radius 3 is 2.43 bits per heavy atom. The van der Waals surface area contributed by atoms with Gasteiger partial charge in [0.2, 0.25) is 0 Å². The number of piperazine rings is 1. The minimum atomic E-state index is -0.722. The highest BCUT2D eigenvalue weighted by molar-refractivity contribution is 6.30. The fourth-order valence-electron chi connectivity index (χ4n) is 4.50. The molecule has 3 aromatic rings. The summed E-state index contributed by atoms with van der Waals surface area (Å²) >= 11 is 6.04. The zero-order chi connectivity index (χ0) is 23.2. The Kier molecular flexibility index (Phi) is 12.8. The van der Waals surface area contributed by atoms with Crippen molar-refractivity contribution in [1.82, 2.24) is 14.9 Å². The first kappa shape index (κ1) is 31.5. The van der Waals surface area contributed by atoms with Gasteiger partial charge in [-0.25, -0.2) is 4.98 Å². The van der Waals surface area contributed by atoms with Gasteiger partial charge in [-0.3, -0.25) is 0 Å². The van der Waals surface area contributed by atoms with E-state index in [1.807, 2.05) is 47.2 Å². The molecule has 5 rings (SSSR count). The second-order valence-electron chi connectivity index (χ2n) is 8.86. The van der Waals surface area contributed by atoms with Gasteiger partial charge < -0.3 is 29.0 Å².